The zero-order valence-corrected chi connectivity index (χ0v) is 38.4. The summed E-state index contributed by atoms with van der Waals surface area (Å²) in [4.78, 5) is 37.6. The zero-order chi connectivity index (χ0) is 42.1. The van der Waals surface area contributed by atoms with Gasteiger partial charge in [-0.1, -0.05) is 179 Å². The molecule has 0 aliphatic rings. The maximum absolute atomic E-state index is 12.7. The molecule has 0 aliphatic carbocycles. The van der Waals surface area contributed by atoms with Crippen LogP contribution in [0.1, 0.15) is 200 Å². The van der Waals surface area contributed by atoms with Crippen LogP contribution in [-0.4, -0.2) is 70.0 Å². The third-order valence-electron chi connectivity index (χ3n) is 9.92. The van der Waals surface area contributed by atoms with E-state index in [0.717, 1.165) is 70.6 Å². The molecule has 10 heteroatoms. The number of likely N-dealkylation sites (N-methyl/N-ethyl adjacent to an activating group) is 1. The number of carbonyl (C=O) groups is 2. The Hall–Kier alpha value is -1.77. The largest absolute Gasteiger partial charge is 0.756 e. The van der Waals surface area contributed by atoms with Crippen molar-refractivity contribution in [3.63, 3.8) is 0 Å². The summed E-state index contributed by atoms with van der Waals surface area (Å²) in [7, 11) is 1.16. The summed E-state index contributed by atoms with van der Waals surface area (Å²) in [6, 6.07) is 0. The fourth-order valence-electron chi connectivity index (χ4n) is 6.32. The zero-order valence-electron chi connectivity index (χ0n) is 37.5. The van der Waals surface area contributed by atoms with E-state index in [4.69, 9.17) is 18.5 Å². The lowest BCUT2D eigenvalue weighted by atomic mass is 10.0. The molecule has 0 aromatic carbocycles. The van der Waals surface area contributed by atoms with Crippen LogP contribution in [0.4, 0.5) is 0 Å². The van der Waals surface area contributed by atoms with Gasteiger partial charge >= 0.3 is 11.9 Å². The standard InChI is InChI=1S/C47H88NO8P/c1-6-8-10-12-14-16-18-20-22-23-24-26-27-29-31-33-35-37-39-46(49)53-43-45(44-55-57(51,52)54-42-41-48(3,4)5)56-47(50)40-38-36-34-32-30-28-25-21-19-17-15-13-11-9-7-2/h9,11,15,17,21,25,45H,6-8,10,12-14,16,18-20,22-24,26-44H2,1-5H3/b11-9+,17-15+,25-21+/t45-/m1/s1. The van der Waals surface area contributed by atoms with Crippen LogP contribution in [0.25, 0.3) is 0 Å². The summed E-state index contributed by atoms with van der Waals surface area (Å²) in [6.45, 7) is 4.11. The first-order valence-electron chi connectivity index (χ1n) is 23.2. The van der Waals surface area contributed by atoms with Gasteiger partial charge in [-0.2, -0.15) is 0 Å². The van der Waals surface area contributed by atoms with Crippen molar-refractivity contribution in [2.45, 2.75) is 206 Å². The normalized spacial score (nSPS) is 13.9. The van der Waals surface area contributed by atoms with Crippen molar-refractivity contribution in [3.8, 4) is 0 Å². The number of allylic oxidation sites excluding steroid dienone is 6. The monoisotopic (exact) mass is 826 g/mol. The minimum absolute atomic E-state index is 0.0338. The Bertz CT molecular complexity index is 1070. The number of hydrogen-bond donors (Lipinski definition) is 0. The lowest BCUT2D eigenvalue weighted by Gasteiger charge is -2.28. The number of ether oxygens (including phenoxy) is 2. The molecule has 0 bridgehead atoms. The molecule has 0 aromatic rings. The van der Waals surface area contributed by atoms with Crippen LogP contribution in [-0.2, 0) is 32.7 Å². The molecule has 0 radical (unpaired) electrons. The van der Waals surface area contributed by atoms with Crippen LogP contribution in [0.2, 0.25) is 0 Å². The Morgan fingerprint density at radius 3 is 1.49 bits per heavy atom. The van der Waals surface area contributed by atoms with E-state index in [1.54, 1.807) is 0 Å². The van der Waals surface area contributed by atoms with Crippen LogP contribution < -0.4 is 4.89 Å². The topological polar surface area (TPSA) is 111 Å². The first-order chi connectivity index (χ1) is 27.5. The van der Waals surface area contributed by atoms with Crippen molar-refractivity contribution in [1.82, 2.24) is 0 Å². The predicted molar refractivity (Wildman–Crippen MR) is 236 cm³/mol. The van der Waals surface area contributed by atoms with Gasteiger partial charge in [0.2, 0.25) is 0 Å². The fraction of sp³-hybridized carbons (Fsp3) is 0.830. The van der Waals surface area contributed by atoms with Gasteiger partial charge in [-0.05, 0) is 44.9 Å². The van der Waals surface area contributed by atoms with E-state index >= 15 is 0 Å². The molecule has 2 atom stereocenters. The summed E-state index contributed by atoms with van der Waals surface area (Å²) >= 11 is 0. The second kappa shape index (κ2) is 39.7. The lowest BCUT2D eigenvalue weighted by Crippen LogP contribution is -2.37. The van der Waals surface area contributed by atoms with Gasteiger partial charge in [-0.3, -0.25) is 14.2 Å². The van der Waals surface area contributed by atoms with E-state index in [2.05, 4.69) is 50.3 Å². The van der Waals surface area contributed by atoms with Gasteiger partial charge in [-0.25, -0.2) is 0 Å². The van der Waals surface area contributed by atoms with Crippen LogP contribution in [0.5, 0.6) is 0 Å². The summed E-state index contributed by atoms with van der Waals surface area (Å²) in [6.07, 6.45) is 44.6. The molecule has 0 aliphatic heterocycles. The average Bonchev–Trinajstić information content (AvgIpc) is 3.16. The van der Waals surface area contributed by atoms with E-state index < -0.39 is 26.5 Å². The number of quaternary nitrogens is 1. The smallest absolute Gasteiger partial charge is 0.306 e. The number of unbranched alkanes of at least 4 members (excludes halogenated alkanes) is 22. The summed E-state index contributed by atoms with van der Waals surface area (Å²) in [5.74, 6) is -0.848. The molecular formula is C47H88NO8P. The molecule has 0 aromatic heterocycles. The minimum atomic E-state index is -4.63. The molecule has 0 rings (SSSR count). The van der Waals surface area contributed by atoms with Crippen LogP contribution in [0.3, 0.4) is 0 Å². The molecule has 0 spiro atoms. The van der Waals surface area contributed by atoms with Gasteiger partial charge in [-0.15, -0.1) is 0 Å². The first kappa shape index (κ1) is 55.2. The van der Waals surface area contributed by atoms with Crippen molar-refractivity contribution in [2.75, 3.05) is 47.5 Å². The van der Waals surface area contributed by atoms with Gasteiger partial charge < -0.3 is 27.9 Å². The molecular weight excluding hydrogens is 737 g/mol. The number of phosphoric ester groups is 1. The number of carbonyl (C=O) groups excluding carboxylic acids is 2. The van der Waals surface area contributed by atoms with Crippen LogP contribution in [0, 0.1) is 0 Å². The molecule has 57 heavy (non-hydrogen) atoms. The van der Waals surface area contributed by atoms with E-state index in [0.29, 0.717) is 17.4 Å². The van der Waals surface area contributed by atoms with Crippen molar-refractivity contribution < 1.29 is 42.1 Å². The number of phosphoric acid groups is 1. The van der Waals surface area contributed by atoms with E-state index in [-0.39, 0.29) is 32.0 Å². The van der Waals surface area contributed by atoms with Crippen molar-refractivity contribution >= 4 is 19.8 Å². The van der Waals surface area contributed by atoms with E-state index in [1.807, 2.05) is 21.1 Å². The van der Waals surface area contributed by atoms with Crippen LogP contribution in [0.15, 0.2) is 36.5 Å². The Morgan fingerprint density at radius 1 is 0.561 bits per heavy atom. The summed E-state index contributed by atoms with van der Waals surface area (Å²) in [5, 5.41) is 0. The molecule has 0 saturated carbocycles. The highest BCUT2D eigenvalue weighted by Crippen LogP contribution is 2.38. The highest BCUT2D eigenvalue weighted by atomic mass is 31.2. The van der Waals surface area contributed by atoms with E-state index in [1.165, 1.54) is 96.3 Å². The molecule has 1 unspecified atom stereocenters. The molecule has 334 valence electrons. The maximum Gasteiger partial charge on any atom is 0.306 e. The van der Waals surface area contributed by atoms with Gasteiger partial charge in [0, 0.05) is 12.8 Å². The average molecular weight is 826 g/mol. The van der Waals surface area contributed by atoms with Crippen LogP contribution >= 0.6 is 7.82 Å². The summed E-state index contributed by atoms with van der Waals surface area (Å²) in [5.41, 5.74) is 0. The molecule has 9 nitrogen and oxygen atoms in total. The summed E-state index contributed by atoms with van der Waals surface area (Å²) < 4.78 is 33.9. The number of rotatable bonds is 42. The number of hydrogen-bond acceptors (Lipinski definition) is 8. The van der Waals surface area contributed by atoms with Gasteiger partial charge in [0.15, 0.2) is 6.10 Å². The predicted octanol–water partition coefficient (Wildman–Crippen LogP) is 12.7. The molecule has 0 amide bonds. The Labute approximate surface area is 351 Å². The quantitative estimate of drug-likeness (QED) is 0.0197. The Morgan fingerprint density at radius 2 is 1.00 bits per heavy atom. The van der Waals surface area contributed by atoms with Gasteiger partial charge in [0.25, 0.3) is 7.82 Å². The number of nitrogens with zero attached hydrogens (tertiary/aromatic N) is 1. The van der Waals surface area contributed by atoms with E-state index in [9.17, 15) is 19.0 Å². The van der Waals surface area contributed by atoms with Crippen molar-refractivity contribution in [1.29, 1.82) is 0 Å². The van der Waals surface area contributed by atoms with Gasteiger partial charge in [0.05, 0.1) is 27.7 Å². The third-order valence-corrected chi connectivity index (χ3v) is 10.9. The fourth-order valence-corrected chi connectivity index (χ4v) is 7.05. The molecule has 0 N–H and O–H groups in total. The maximum atomic E-state index is 12.7. The minimum Gasteiger partial charge on any atom is -0.756 e. The second-order valence-corrected chi connectivity index (χ2v) is 18.2. The Balaban J connectivity index is 4.31. The number of esters is 2. The molecule has 0 fully saturated rings. The Kier molecular flexibility index (Phi) is 38.4. The third kappa shape index (κ3) is 43.6. The SMILES string of the molecule is CC/C=C/C/C=C/C/C=C/CCCCCCCC(=O)O[C@H](COC(=O)CCCCCCCCCCCCCCCCCCCC)COP(=O)([O-])OCC[N+](C)(C)C. The highest BCUT2D eigenvalue weighted by Gasteiger charge is 2.21. The molecule has 0 saturated heterocycles. The lowest BCUT2D eigenvalue weighted by molar-refractivity contribution is -0.870. The molecule has 0 heterocycles. The second-order valence-electron chi connectivity index (χ2n) is 16.7. The van der Waals surface area contributed by atoms with Crippen molar-refractivity contribution in [2.24, 2.45) is 0 Å². The van der Waals surface area contributed by atoms with Gasteiger partial charge in [0.1, 0.15) is 19.8 Å². The first-order valence-corrected chi connectivity index (χ1v) is 24.7. The highest BCUT2D eigenvalue weighted by molar-refractivity contribution is 7.45. The van der Waals surface area contributed by atoms with Crippen molar-refractivity contribution in [3.05, 3.63) is 36.5 Å².